The number of aliphatic imine (C=N–C) groups is 1. The quantitative estimate of drug-likeness (QED) is 0.658. The maximum atomic E-state index is 6.06. The molecule has 0 aromatic heterocycles. The predicted octanol–water partition coefficient (Wildman–Crippen LogP) is 3.39. The summed E-state index contributed by atoms with van der Waals surface area (Å²) < 4.78 is 0. The summed E-state index contributed by atoms with van der Waals surface area (Å²) >= 11 is 0. The third-order valence-electron chi connectivity index (χ3n) is 2.94. The molecule has 0 aliphatic rings. The number of rotatable bonds is 2. The van der Waals surface area contributed by atoms with Gasteiger partial charge in [0.2, 0.25) is 5.96 Å². The van der Waals surface area contributed by atoms with Gasteiger partial charge in [-0.1, -0.05) is 24.3 Å². The minimum atomic E-state index is 0.483. The molecule has 3 heteroatoms. The van der Waals surface area contributed by atoms with E-state index in [0.717, 1.165) is 11.4 Å². The Morgan fingerprint density at radius 2 is 1.58 bits per heavy atom. The van der Waals surface area contributed by atoms with Crippen molar-refractivity contribution in [2.24, 2.45) is 10.7 Å². The Morgan fingerprint density at radius 1 is 1.00 bits per heavy atom. The second kappa shape index (κ2) is 5.57. The summed E-state index contributed by atoms with van der Waals surface area (Å²) in [4.78, 5) is 6.31. The second-order valence-electron chi connectivity index (χ2n) is 4.71. The molecule has 2 aromatic carbocycles. The zero-order valence-electron chi connectivity index (χ0n) is 11.6. The Bertz CT molecular complexity index is 568. The molecule has 0 fully saturated rings. The van der Waals surface area contributed by atoms with Gasteiger partial charge >= 0.3 is 0 Å². The standard InChI is InChI=1S/C16H19N3/c1-12-9-13(2)11-15(10-12)19(3)16(17)18-14-7-5-4-6-8-14/h4-11H,1-3H3,(H2,17,18). The molecule has 0 amide bonds. The van der Waals surface area contributed by atoms with Gasteiger partial charge in [0, 0.05) is 12.7 Å². The van der Waals surface area contributed by atoms with Gasteiger partial charge in [-0.05, 0) is 49.2 Å². The molecule has 0 saturated carbocycles. The number of guanidine groups is 1. The summed E-state index contributed by atoms with van der Waals surface area (Å²) in [6.45, 7) is 4.16. The van der Waals surface area contributed by atoms with Crippen LogP contribution in [0.3, 0.4) is 0 Å². The summed E-state index contributed by atoms with van der Waals surface area (Å²) in [5.74, 6) is 0.483. The zero-order chi connectivity index (χ0) is 13.8. The van der Waals surface area contributed by atoms with Crippen LogP contribution >= 0.6 is 0 Å². The molecule has 2 rings (SSSR count). The highest BCUT2D eigenvalue weighted by Gasteiger charge is 2.06. The third-order valence-corrected chi connectivity index (χ3v) is 2.94. The molecule has 2 aromatic rings. The summed E-state index contributed by atoms with van der Waals surface area (Å²) in [7, 11) is 1.93. The number of anilines is 1. The topological polar surface area (TPSA) is 41.6 Å². The van der Waals surface area contributed by atoms with Crippen molar-refractivity contribution in [1.29, 1.82) is 0 Å². The molecule has 19 heavy (non-hydrogen) atoms. The lowest BCUT2D eigenvalue weighted by Crippen LogP contribution is -2.33. The highest BCUT2D eigenvalue weighted by Crippen LogP contribution is 2.18. The Labute approximate surface area is 114 Å². The molecule has 2 N–H and O–H groups in total. The van der Waals surface area contributed by atoms with Crippen LogP contribution in [0.2, 0.25) is 0 Å². The van der Waals surface area contributed by atoms with Gasteiger partial charge in [-0.25, -0.2) is 4.99 Å². The molecule has 0 aliphatic heterocycles. The first-order valence-corrected chi connectivity index (χ1v) is 6.27. The van der Waals surface area contributed by atoms with Crippen LogP contribution in [0.4, 0.5) is 11.4 Å². The molecule has 0 atom stereocenters. The number of hydrogen-bond acceptors (Lipinski definition) is 1. The van der Waals surface area contributed by atoms with Crippen LogP contribution in [0.5, 0.6) is 0 Å². The van der Waals surface area contributed by atoms with E-state index in [9.17, 15) is 0 Å². The molecular formula is C16H19N3. The van der Waals surface area contributed by atoms with Gasteiger partial charge in [0.1, 0.15) is 0 Å². The van der Waals surface area contributed by atoms with Crippen molar-refractivity contribution in [3.05, 3.63) is 59.7 Å². The SMILES string of the molecule is Cc1cc(C)cc(N(C)C(N)=Nc2ccccc2)c1. The minimum Gasteiger partial charge on any atom is -0.369 e. The zero-order valence-corrected chi connectivity index (χ0v) is 11.6. The lowest BCUT2D eigenvalue weighted by molar-refractivity contribution is 1.20. The largest absolute Gasteiger partial charge is 0.369 e. The van der Waals surface area contributed by atoms with E-state index in [-0.39, 0.29) is 0 Å². The fourth-order valence-corrected chi connectivity index (χ4v) is 1.99. The molecular weight excluding hydrogens is 234 g/mol. The smallest absolute Gasteiger partial charge is 0.200 e. The lowest BCUT2D eigenvalue weighted by Gasteiger charge is -2.19. The number of nitrogens with zero attached hydrogens (tertiary/aromatic N) is 2. The second-order valence-corrected chi connectivity index (χ2v) is 4.71. The number of para-hydroxylation sites is 1. The van der Waals surface area contributed by atoms with Crippen molar-refractivity contribution < 1.29 is 0 Å². The predicted molar refractivity (Wildman–Crippen MR) is 82.0 cm³/mol. The van der Waals surface area contributed by atoms with Crippen LogP contribution in [0.15, 0.2) is 53.5 Å². The van der Waals surface area contributed by atoms with Gasteiger partial charge in [-0.15, -0.1) is 0 Å². The van der Waals surface area contributed by atoms with Gasteiger partial charge in [0.25, 0.3) is 0 Å². The van der Waals surface area contributed by atoms with Gasteiger partial charge in [-0.2, -0.15) is 0 Å². The Morgan fingerprint density at radius 3 is 2.16 bits per heavy atom. The first-order valence-electron chi connectivity index (χ1n) is 6.27. The molecule has 3 nitrogen and oxygen atoms in total. The summed E-state index contributed by atoms with van der Waals surface area (Å²) in [6, 6.07) is 16.1. The van der Waals surface area contributed by atoms with Gasteiger partial charge < -0.3 is 10.6 Å². The molecule has 98 valence electrons. The van der Waals surface area contributed by atoms with Crippen LogP contribution in [0.25, 0.3) is 0 Å². The van der Waals surface area contributed by atoms with Crippen molar-refractivity contribution in [2.45, 2.75) is 13.8 Å². The molecule has 0 bridgehead atoms. The van der Waals surface area contributed by atoms with Gasteiger partial charge in [0.15, 0.2) is 0 Å². The van der Waals surface area contributed by atoms with Crippen molar-refractivity contribution in [3.8, 4) is 0 Å². The van der Waals surface area contributed by atoms with E-state index in [1.807, 2.05) is 42.3 Å². The fourth-order valence-electron chi connectivity index (χ4n) is 1.99. The molecule has 0 heterocycles. The highest BCUT2D eigenvalue weighted by molar-refractivity contribution is 5.96. The first-order chi connectivity index (χ1) is 9.06. The number of benzene rings is 2. The molecule has 0 saturated heterocycles. The van der Waals surface area contributed by atoms with Crippen LogP contribution in [0.1, 0.15) is 11.1 Å². The number of hydrogen-bond donors (Lipinski definition) is 1. The molecule has 0 aliphatic carbocycles. The maximum Gasteiger partial charge on any atom is 0.200 e. The van der Waals surface area contributed by atoms with Crippen molar-refractivity contribution >= 4 is 17.3 Å². The average molecular weight is 253 g/mol. The van der Waals surface area contributed by atoms with E-state index < -0.39 is 0 Å². The van der Waals surface area contributed by atoms with E-state index in [0.29, 0.717) is 5.96 Å². The maximum absolute atomic E-state index is 6.06. The summed E-state index contributed by atoms with van der Waals surface area (Å²) in [5, 5.41) is 0. The highest BCUT2D eigenvalue weighted by atomic mass is 15.2. The van der Waals surface area contributed by atoms with Gasteiger partial charge in [-0.3, -0.25) is 0 Å². The minimum absolute atomic E-state index is 0.483. The third kappa shape index (κ3) is 3.35. The van der Waals surface area contributed by atoms with E-state index in [2.05, 4.69) is 37.0 Å². The van der Waals surface area contributed by atoms with Crippen molar-refractivity contribution in [3.63, 3.8) is 0 Å². The van der Waals surface area contributed by atoms with Crippen LogP contribution in [0, 0.1) is 13.8 Å². The van der Waals surface area contributed by atoms with Crippen LogP contribution in [-0.2, 0) is 0 Å². The Balaban J connectivity index is 2.28. The molecule has 0 spiro atoms. The normalized spacial score (nSPS) is 11.4. The van der Waals surface area contributed by atoms with E-state index >= 15 is 0 Å². The number of aryl methyl sites for hydroxylation is 2. The van der Waals surface area contributed by atoms with E-state index in [1.54, 1.807) is 0 Å². The van der Waals surface area contributed by atoms with Crippen molar-refractivity contribution in [1.82, 2.24) is 0 Å². The number of nitrogens with two attached hydrogens (primary N) is 1. The van der Waals surface area contributed by atoms with E-state index in [4.69, 9.17) is 5.73 Å². The Hall–Kier alpha value is -2.29. The lowest BCUT2D eigenvalue weighted by atomic mass is 10.1. The molecule has 0 unspecified atom stereocenters. The fraction of sp³-hybridized carbons (Fsp3) is 0.188. The summed E-state index contributed by atoms with van der Waals surface area (Å²) in [6.07, 6.45) is 0. The van der Waals surface area contributed by atoms with Crippen LogP contribution in [-0.4, -0.2) is 13.0 Å². The molecule has 0 radical (unpaired) electrons. The first kappa shape index (κ1) is 13.1. The average Bonchev–Trinajstić information content (AvgIpc) is 2.37. The Kier molecular flexibility index (Phi) is 3.85. The van der Waals surface area contributed by atoms with E-state index in [1.165, 1.54) is 11.1 Å². The van der Waals surface area contributed by atoms with Gasteiger partial charge in [0.05, 0.1) is 5.69 Å². The van der Waals surface area contributed by atoms with Crippen LogP contribution < -0.4 is 10.6 Å². The summed E-state index contributed by atoms with van der Waals surface area (Å²) in [5.41, 5.74) is 10.4. The van der Waals surface area contributed by atoms with Crippen molar-refractivity contribution in [2.75, 3.05) is 11.9 Å². The monoisotopic (exact) mass is 253 g/mol.